The van der Waals surface area contributed by atoms with Crippen molar-refractivity contribution in [3.8, 4) is 0 Å². The summed E-state index contributed by atoms with van der Waals surface area (Å²) in [6.07, 6.45) is 2.99. The van der Waals surface area contributed by atoms with Gasteiger partial charge in [-0.3, -0.25) is 0 Å². The monoisotopic (exact) mass is 186 g/mol. The van der Waals surface area contributed by atoms with Gasteiger partial charge in [0.1, 0.15) is 0 Å². The van der Waals surface area contributed by atoms with Gasteiger partial charge in [-0.2, -0.15) is 0 Å². The van der Waals surface area contributed by atoms with Crippen molar-refractivity contribution in [2.75, 3.05) is 13.2 Å². The molecule has 2 rings (SSSR count). The summed E-state index contributed by atoms with van der Waals surface area (Å²) >= 11 is 0. The van der Waals surface area contributed by atoms with Crippen LogP contribution in [0, 0.1) is 0 Å². The van der Waals surface area contributed by atoms with E-state index in [4.69, 9.17) is 14.6 Å². The molecule has 2 saturated heterocycles. The third kappa shape index (κ3) is 1.73. The lowest BCUT2D eigenvalue weighted by Crippen LogP contribution is -2.31. The molecule has 2 aliphatic heterocycles. The number of ether oxygens (including phenoxy) is 2. The summed E-state index contributed by atoms with van der Waals surface area (Å²) in [5.41, 5.74) is -0.138. The first-order valence-electron chi connectivity index (χ1n) is 4.98. The van der Waals surface area contributed by atoms with E-state index in [1.54, 1.807) is 0 Å². The first kappa shape index (κ1) is 9.44. The molecule has 0 aromatic heterocycles. The molecule has 0 unspecified atom stereocenters. The molecule has 13 heavy (non-hydrogen) atoms. The zero-order valence-corrected chi connectivity index (χ0v) is 8.38. The molecule has 0 radical (unpaired) electrons. The topological polar surface area (TPSA) is 38.7 Å². The minimum absolute atomic E-state index is 0.0394. The molecule has 1 spiro atoms. The maximum Gasteiger partial charge on any atom is 0.0948 e. The van der Waals surface area contributed by atoms with Crippen molar-refractivity contribution in [3.05, 3.63) is 0 Å². The minimum Gasteiger partial charge on any atom is -0.394 e. The van der Waals surface area contributed by atoms with Crippen LogP contribution >= 0.6 is 0 Å². The Morgan fingerprint density at radius 2 is 2.23 bits per heavy atom. The van der Waals surface area contributed by atoms with Crippen LogP contribution < -0.4 is 0 Å². The Hall–Kier alpha value is -0.120. The molecule has 76 valence electrons. The Labute approximate surface area is 79.0 Å². The van der Waals surface area contributed by atoms with E-state index >= 15 is 0 Å². The van der Waals surface area contributed by atoms with Gasteiger partial charge in [-0.15, -0.1) is 0 Å². The van der Waals surface area contributed by atoms with Gasteiger partial charge in [0.15, 0.2) is 0 Å². The lowest BCUT2D eigenvalue weighted by molar-refractivity contribution is -0.0620. The molecule has 0 saturated carbocycles. The highest BCUT2D eigenvalue weighted by Gasteiger charge is 2.49. The molecule has 2 fully saturated rings. The number of hydrogen-bond acceptors (Lipinski definition) is 3. The van der Waals surface area contributed by atoms with Crippen LogP contribution in [-0.2, 0) is 9.47 Å². The minimum atomic E-state index is -0.0864. The molecule has 1 N–H and O–H groups in total. The van der Waals surface area contributed by atoms with Crippen LogP contribution in [0.4, 0.5) is 0 Å². The Morgan fingerprint density at radius 1 is 1.46 bits per heavy atom. The first-order chi connectivity index (χ1) is 6.05. The molecule has 0 aliphatic carbocycles. The van der Waals surface area contributed by atoms with E-state index in [0.717, 1.165) is 19.3 Å². The van der Waals surface area contributed by atoms with Crippen LogP contribution in [0.5, 0.6) is 0 Å². The normalized spacial score (nSPS) is 43.2. The highest BCUT2D eigenvalue weighted by Crippen LogP contribution is 2.43. The maximum absolute atomic E-state index is 8.97. The lowest BCUT2D eigenvalue weighted by Gasteiger charge is -2.23. The van der Waals surface area contributed by atoms with Crippen molar-refractivity contribution < 1.29 is 14.6 Å². The fourth-order valence-corrected chi connectivity index (χ4v) is 2.47. The summed E-state index contributed by atoms with van der Waals surface area (Å²) in [7, 11) is 0. The van der Waals surface area contributed by atoms with Gasteiger partial charge >= 0.3 is 0 Å². The van der Waals surface area contributed by atoms with E-state index in [-0.39, 0.29) is 23.9 Å². The van der Waals surface area contributed by atoms with Crippen LogP contribution in [0.15, 0.2) is 0 Å². The molecular formula is C10H18O3. The van der Waals surface area contributed by atoms with E-state index in [1.807, 2.05) is 0 Å². The third-order valence-electron chi connectivity index (χ3n) is 3.02. The van der Waals surface area contributed by atoms with Gasteiger partial charge in [0.2, 0.25) is 0 Å². The summed E-state index contributed by atoms with van der Waals surface area (Å²) in [4.78, 5) is 0. The van der Waals surface area contributed by atoms with Crippen LogP contribution in [0.3, 0.4) is 0 Å². The third-order valence-corrected chi connectivity index (χ3v) is 3.02. The molecule has 0 aromatic carbocycles. The van der Waals surface area contributed by atoms with E-state index in [2.05, 4.69) is 13.8 Å². The average Bonchev–Trinajstić information content (AvgIpc) is 2.57. The van der Waals surface area contributed by atoms with Crippen molar-refractivity contribution in [2.24, 2.45) is 0 Å². The summed E-state index contributed by atoms with van der Waals surface area (Å²) in [6, 6.07) is 0. The second-order valence-corrected chi connectivity index (χ2v) is 4.87. The highest BCUT2D eigenvalue weighted by atomic mass is 16.6. The number of rotatable bonds is 1. The fraction of sp³-hybridized carbons (Fsp3) is 1.00. The van der Waals surface area contributed by atoms with Gasteiger partial charge in [-0.25, -0.2) is 0 Å². The molecule has 3 nitrogen and oxygen atoms in total. The second-order valence-electron chi connectivity index (χ2n) is 4.87. The van der Waals surface area contributed by atoms with Crippen LogP contribution in [0.2, 0.25) is 0 Å². The Morgan fingerprint density at radius 3 is 2.69 bits per heavy atom. The predicted octanol–water partition coefficient (Wildman–Crippen LogP) is 1.10. The standard InChI is InChI=1S/C10H18O3/c1-9(2)6-10(7-12-9)4-3-8(5-11)13-10/h8,11H,3-7H2,1-2H3/t8-,10-/m1/s1. The Balaban J connectivity index is 2.01. The smallest absolute Gasteiger partial charge is 0.0948 e. The second kappa shape index (κ2) is 2.94. The van der Waals surface area contributed by atoms with Gasteiger partial charge in [-0.1, -0.05) is 0 Å². The number of aliphatic hydroxyl groups excluding tert-OH is 1. The van der Waals surface area contributed by atoms with Crippen LogP contribution in [-0.4, -0.2) is 35.6 Å². The van der Waals surface area contributed by atoms with E-state index < -0.39 is 0 Å². The maximum atomic E-state index is 8.97. The molecule has 2 atom stereocenters. The zero-order chi connectivity index (χ0) is 9.53. The summed E-state index contributed by atoms with van der Waals surface area (Å²) < 4.78 is 11.5. The van der Waals surface area contributed by atoms with Crippen LogP contribution in [0.1, 0.15) is 33.1 Å². The van der Waals surface area contributed by atoms with Gasteiger partial charge in [-0.05, 0) is 26.7 Å². The van der Waals surface area contributed by atoms with Crippen molar-refractivity contribution in [1.82, 2.24) is 0 Å². The van der Waals surface area contributed by atoms with Gasteiger partial charge in [0.05, 0.1) is 30.5 Å². The lowest BCUT2D eigenvalue weighted by atomic mass is 9.91. The first-order valence-corrected chi connectivity index (χ1v) is 4.98. The average molecular weight is 186 g/mol. The SMILES string of the molecule is CC1(C)C[C@]2(CC[C@H](CO)O2)CO1. The molecule has 0 bridgehead atoms. The van der Waals surface area contributed by atoms with E-state index in [1.165, 1.54) is 0 Å². The van der Waals surface area contributed by atoms with Crippen LogP contribution in [0.25, 0.3) is 0 Å². The van der Waals surface area contributed by atoms with Crippen molar-refractivity contribution >= 4 is 0 Å². The van der Waals surface area contributed by atoms with Crippen molar-refractivity contribution in [2.45, 2.75) is 50.4 Å². The molecule has 3 heteroatoms. The van der Waals surface area contributed by atoms with Gasteiger partial charge < -0.3 is 14.6 Å². The van der Waals surface area contributed by atoms with Crippen molar-refractivity contribution in [3.63, 3.8) is 0 Å². The zero-order valence-electron chi connectivity index (χ0n) is 8.38. The molecule has 2 aliphatic rings. The Bertz CT molecular complexity index is 202. The fourth-order valence-electron chi connectivity index (χ4n) is 2.47. The van der Waals surface area contributed by atoms with Crippen molar-refractivity contribution in [1.29, 1.82) is 0 Å². The Kier molecular flexibility index (Phi) is 2.13. The molecule has 2 heterocycles. The highest BCUT2D eigenvalue weighted by molar-refractivity contribution is 4.98. The van der Waals surface area contributed by atoms with E-state index in [0.29, 0.717) is 6.61 Å². The molecule has 0 aromatic rings. The van der Waals surface area contributed by atoms with E-state index in [9.17, 15) is 0 Å². The predicted molar refractivity (Wildman–Crippen MR) is 48.6 cm³/mol. The summed E-state index contributed by atoms with van der Waals surface area (Å²) in [6.45, 7) is 5.02. The number of aliphatic hydroxyl groups is 1. The largest absolute Gasteiger partial charge is 0.394 e. The number of hydrogen-bond donors (Lipinski definition) is 1. The van der Waals surface area contributed by atoms with Gasteiger partial charge in [0.25, 0.3) is 0 Å². The molecular weight excluding hydrogens is 168 g/mol. The molecule has 0 amide bonds. The quantitative estimate of drug-likeness (QED) is 0.666. The summed E-state index contributed by atoms with van der Waals surface area (Å²) in [5.74, 6) is 0. The summed E-state index contributed by atoms with van der Waals surface area (Å²) in [5, 5.41) is 8.97. The van der Waals surface area contributed by atoms with Gasteiger partial charge in [0, 0.05) is 6.42 Å².